The molecule has 202 valence electrons. The normalized spacial score (nSPS) is 14.8. The Labute approximate surface area is 231 Å². The standard InChI is InChI=1S/C30H29ClFN3O4/c1-20-25(19-34(18-23-8-7-17-38-23)29(36)24-9-3-4-10-26(24)32)30(39-28-12-6-5-11-27(28)37-2)35(33-20)22-15-13-21(31)14-16-22/h3-6,9-16,23H,7-8,17-19H2,1-2H3/t23-/m1/s1. The van der Waals surface area contributed by atoms with E-state index < -0.39 is 11.7 Å². The Bertz CT molecular complexity index is 1450. The van der Waals surface area contributed by atoms with Gasteiger partial charge in [0, 0.05) is 18.2 Å². The fourth-order valence-corrected chi connectivity index (χ4v) is 4.77. The fraction of sp³-hybridized carbons (Fsp3) is 0.267. The van der Waals surface area contributed by atoms with Gasteiger partial charge in [-0.25, -0.2) is 9.07 Å². The van der Waals surface area contributed by atoms with Crippen LogP contribution in [0, 0.1) is 12.7 Å². The number of hydrogen-bond donors (Lipinski definition) is 0. The molecular formula is C30H29ClFN3O4. The SMILES string of the molecule is COc1ccccc1Oc1c(CN(C[C@H]2CCCO2)C(=O)c2ccccc2F)c(C)nn1-c1ccc(Cl)cc1. The van der Waals surface area contributed by atoms with Crippen molar-refractivity contribution in [3.05, 3.63) is 100 Å². The second-order valence-corrected chi connectivity index (χ2v) is 9.75. The van der Waals surface area contributed by atoms with Crippen LogP contribution in [0.25, 0.3) is 5.69 Å². The summed E-state index contributed by atoms with van der Waals surface area (Å²) in [6.45, 7) is 2.94. The van der Waals surface area contributed by atoms with E-state index >= 15 is 0 Å². The molecule has 1 atom stereocenters. The van der Waals surface area contributed by atoms with Gasteiger partial charge in [0.25, 0.3) is 5.91 Å². The number of aryl methyl sites for hydroxylation is 1. The molecule has 0 radical (unpaired) electrons. The van der Waals surface area contributed by atoms with E-state index in [0.717, 1.165) is 18.5 Å². The minimum Gasteiger partial charge on any atom is -0.493 e. The van der Waals surface area contributed by atoms with Crippen molar-refractivity contribution in [2.75, 3.05) is 20.3 Å². The molecular weight excluding hydrogens is 521 g/mol. The van der Waals surface area contributed by atoms with Gasteiger partial charge in [-0.05, 0) is 68.3 Å². The van der Waals surface area contributed by atoms with E-state index in [-0.39, 0.29) is 18.2 Å². The van der Waals surface area contributed by atoms with Gasteiger partial charge in [0.1, 0.15) is 5.82 Å². The molecule has 1 aromatic heterocycles. The van der Waals surface area contributed by atoms with Crippen LogP contribution in [-0.2, 0) is 11.3 Å². The molecule has 1 aliphatic heterocycles. The third kappa shape index (κ3) is 5.92. The topological polar surface area (TPSA) is 65.8 Å². The van der Waals surface area contributed by atoms with Gasteiger partial charge in [0.2, 0.25) is 5.88 Å². The molecule has 2 heterocycles. The van der Waals surface area contributed by atoms with Crippen molar-refractivity contribution in [1.82, 2.24) is 14.7 Å². The fourth-order valence-electron chi connectivity index (χ4n) is 4.64. The monoisotopic (exact) mass is 549 g/mol. The van der Waals surface area contributed by atoms with E-state index in [1.54, 1.807) is 53.1 Å². The van der Waals surface area contributed by atoms with Crippen LogP contribution in [0.4, 0.5) is 4.39 Å². The van der Waals surface area contributed by atoms with Gasteiger partial charge in [0.15, 0.2) is 11.5 Å². The van der Waals surface area contributed by atoms with Crippen molar-refractivity contribution in [2.45, 2.75) is 32.4 Å². The van der Waals surface area contributed by atoms with Crippen LogP contribution < -0.4 is 9.47 Å². The summed E-state index contributed by atoms with van der Waals surface area (Å²) >= 11 is 6.14. The van der Waals surface area contributed by atoms with Gasteiger partial charge in [-0.3, -0.25) is 4.79 Å². The minimum atomic E-state index is -0.570. The molecule has 3 aromatic carbocycles. The minimum absolute atomic E-state index is 0.00504. The number of hydrogen-bond acceptors (Lipinski definition) is 5. The first-order chi connectivity index (χ1) is 18.9. The second-order valence-electron chi connectivity index (χ2n) is 9.31. The van der Waals surface area contributed by atoms with Crippen molar-refractivity contribution in [1.29, 1.82) is 0 Å². The lowest BCUT2D eigenvalue weighted by molar-refractivity contribution is 0.0502. The van der Waals surface area contributed by atoms with Crippen molar-refractivity contribution in [3.8, 4) is 23.1 Å². The maximum atomic E-state index is 14.7. The largest absolute Gasteiger partial charge is 0.493 e. The molecule has 0 unspecified atom stereocenters. The molecule has 1 fully saturated rings. The molecule has 4 aromatic rings. The highest BCUT2D eigenvalue weighted by atomic mass is 35.5. The number of halogens is 2. The lowest BCUT2D eigenvalue weighted by atomic mass is 10.1. The number of para-hydroxylation sites is 2. The first kappa shape index (κ1) is 26.7. The number of aromatic nitrogens is 2. The molecule has 39 heavy (non-hydrogen) atoms. The Morgan fingerprint density at radius 1 is 1.10 bits per heavy atom. The first-order valence-electron chi connectivity index (χ1n) is 12.8. The maximum Gasteiger partial charge on any atom is 0.257 e. The van der Waals surface area contributed by atoms with Crippen LogP contribution >= 0.6 is 11.6 Å². The maximum absolute atomic E-state index is 14.7. The molecule has 0 bridgehead atoms. The molecule has 0 N–H and O–H groups in total. The third-order valence-corrected chi connectivity index (χ3v) is 6.92. The third-order valence-electron chi connectivity index (χ3n) is 6.67. The van der Waals surface area contributed by atoms with E-state index in [2.05, 4.69) is 0 Å². The quantitative estimate of drug-likeness (QED) is 0.235. The van der Waals surface area contributed by atoms with E-state index in [1.165, 1.54) is 12.1 Å². The van der Waals surface area contributed by atoms with Crippen LogP contribution in [-0.4, -0.2) is 47.0 Å². The summed E-state index contributed by atoms with van der Waals surface area (Å²) < 4.78 is 34.2. The smallest absolute Gasteiger partial charge is 0.257 e. The average molecular weight is 550 g/mol. The second kappa shape index (κ2) is 11.9. The number of carbonyl (C=O) groups excluding carboxylic acids is 1. The zero-order valence-corrected chi connectivity index (χ0v) is 22.5. The number of benzene rings is 3. The van der Waals surface area contributed by atoms with Crippen LogP contribution in [0.5, 0.6) is 17.4 Å². The number of methoxy groups -OCH3 is 1. The van der Waals surface area contributed by atoms with Crippen molar-refractivity contribution in [3.63, 3.8) is 0 Å². The Hall–Kier alpha value is -3.88. The summed E-state index contributed by atoms with van der Waals surface area (Å²) in [5.41, 5.74) is 2.07. The van der Waals surface area contributed by atoms with Crippen LogP contribution in [0.1, 0.15) is 34.5 Å². The van der Waals surface area contributed by atoms with Gasteiger partial charge >= 0.3 is 0 Å². The van der Waals surface area contributed by atoms with Crippen molar-refractivity contribution < 1.29 is 23.4 Å². The molecule has 1 aliphatic rings. The highest BCUT2D eigenvalue weighted by Gasteiger charge is 2.29. The van der Waals surface area contributed by atoms with E-state index in [9.17, 15) is 9.18 Å². The van der Waals surface area contributed by atoms with E-state index in [1.807, 2.05) is 31.2 Å². The predicted molar refractivity (Wildman–Crippen MR) is 146 cm³/mol. The molecule has 5 rings (SSSR count). The van der Waals surface area contributed by atoms with Crippen molar-refractivity contribution >= 4 is 17.5 Å². The molecule has 9 heteroatoms. The van der Waals surface area contributed by atoms with Gasteiger partial charge in [-0.15, -0.1) is 0 Å². The van der Waals surface area contributed by atoms with Gasteiger partial charge in [-0.2, -0.15) is 5.10 Å². The van der Waals surface area contributed by atoms with Gasteiger partial charge < -0.3 is 19.1 Å². The molecule has 0 spiro atoms. The summed E-state index contributed by atoms with van der Waals surface area (Å²) in [5.74, 6) is 0.452. The average Bonchev–Trinajstić information content (AvgIpc) is 3.57. The lowest BCUT2D eigenvalue weighted by Crippen LogP contribution is -2.37. The van der Waals surface area contributed by atoms with Crippen LogP contribution in [0.3, 0.4) is 0 Å². The van der Waals surface area contributed by atoms with Crippen molar-refractivity contribution in [2.24, 2.45) is 0 Å². The molecule has 0 aliphatic carbocycles. The van der Waals surface area contributed by atoms with E-state index in [0.29, 0.717) is 46.8 Å². The number of amides is 1. The molecule has 7 nitrogen and oxygen atoms in total. The highest BCUT2D eigenvalue weighted by Crippen LogP contribution is 2.36. The summed E-state index contributed by atoms with van der Waals surface area (Å²) in [6.07, 6.45) is 1.61. The van der Waals surface area contributed by atoms with Gasteiger partial charge in [-0.1, -0.05) is 35.9 Å². The Morgan fingerprint density at radius 2 is 1.82 bits per heavy atom. The summed E-state index contributed by atoms with van der Waals surface area (Å²) in [7, 11) is 1.57. The molecule has 1 amide bonds. The first-order valence-corrected chi connectivity index (χ1v) is 13.1. The summed E-state index contributed by atoms with van der Waals surface area (Å²) in [5, 5.41) is 5.35. The highest BCUT2D eigenvalue weighted by molar-refractivity contribution is 6.30. The molecule has 0 saturated carbocycles. The van der Waals surface area contributed by atoms with E-state index in [4.69, 9.17) is 30.9 Å². The number of rotatable bonds is 9. The lowest BCUT2D eigenvalue weighted by Gasteiger charge is -2.26. The number of carbonyl (C=O) groups is 1. The predicted octanol–water partition coefficient (Wildman–Crippen LogP) is 6.60. The Morgan fingerprint density at radius 3 is 2.51 bits per heavy atom. The van der Waals surface area contributed by atoms with Crippen LogP contribution in [0.2, 0.25) is 5.02 Å². The zero-order valence-electron chi connectivity index (χ0n) is 21.8. The zero-order chi connectivity index (χ0) is 27.4. The summed E-state index contributed by atoms with van der Waals surface area (Å²) in [6, 6.07) is 20.5. The number of ether oxygens (including phenoxy) is 3. The van der Waals surface area contributed by atoms with Gasteiger partial charge in [0.05, 0.1) is 42.3 Å². The summed E-state index contributed by atoms with van der Waals surface area (Å²) in [4.78, 5) is 15.3. The Kier molecular flexibility index (Phi) is 8.14. The number of nitrogens with zero attached hydrogens (tertiary/aromatic N) is 3. The Balaban J connectivity index is 1.58. The van der Waals surface area contributed by atoms with Crippen LogP contribution in [0.15, 0.2) is 72.8 Å². The molecule has 1 saturated heterocycles.